The lowest BCUT2D eigenvalue weighted by Gasteiger charge is -2.20. The van der Waals surface area contributed by atoms with E-state index in [9.17, 15) is 10.2 Å². The molecule has 0 aromatic heterocycles. The third-order valence-corrected chi connectivity index (χ3v) is 4.39. The lowest BCUT2D eigenvalue weighted by Crippen LogP contribution is -2.15. The Balaban J connectivity index is 2.08. The molecule has 23 heavy (non-hydrogen) atoms. The number of aliphatic hydroxyl groups is 2. The molecule has 0 aliphatic carbocycles. The van der Waals surface area contributed by atoms with Crippen molar-refractivity contribution >= 4 is 0 Å². The van der Waals surface area contributed by atoms with Crippen molar-refractivity contribution in [3.8, 4) is 0 Å². The van der Waals surface area contributed by atoms with Crippen molar-refractivity contribution in [1.29, 1.82) is 0 Å². The molecule has 0 saturated heterocycles. The molecule has 0 fully saturated rings. The van der Waals surface area contributed by atoms with Crippen molar-refractivity contribution in [2.24, 2.45) is 0 Å². The maximum atomic E-state index is 10.0. The molecule has 0 saturated carbocycles. The minimum absolute atomic E-state index is 0.402. The summed E-state index contributed by atoms with van der Waals surface area (Å²) in [7, 11) is 0. The SMILES string of the molecule is CC(Cc1ccc(C(C)(C)O)cc1)c1ccc(C(C)(C)O)cc1. The minimum atomic E-state index is -0.797. The van der Waals surface area contributed by atoms with Crippen molar-refractivity contribution in [3.05, 3.63) is 70.8 Å². The van der Waals surface area contributed by atoms with Gasteiger partial charge in [0.25, 0.3) is 0 Å². The van der Waals surface area contributed by atoms with Gasteiger partial charge in [-0.3, -0.25) is 0 Å². The molecule has 2 heteroatoms. The summed E-state index contributed by atoms with van der Waals surface area (Å²) in [6.45, 7) is 9.41. The first-order valence-corrected chi connectivity index (χ1v) is 8.22. The van der Waals surface area contributed by atoms with Crippen LogP contribution in [0.1, 0.15) is 62.8 Å². The van der Waals surface area contributed by atoms with E-state index in [2.05, 4.69) is 31.2 Å². The van der Waals surface area contributed by atoms with E-state index in [0.29, 0.717) is 5.92 Å². The molecule has 124 valence electrons. The van der Waals surface area contributed by atoms with Gasteiger partial charge in [0.2, 0.25) is 0 Å². The molecular weight excluding hydrogens is 284 g/mol. The second-order valence-corrected chi connectivity index (χ2v) is 7.54. The fraction of sp³-hybridized carbons (Fsp3) is 0.429. The molecule has 0 radical (unpaired) electrons. The van der Waals surface area contributed by atoms with Gasteiger partial charge < -0.3 is 10.2 Å². The van der Waals surface area contributed by atoms with E-state index in [1.165, 1.54) is 11.1 Å². The quantitative estimate of drug-likeness (QED) is 0.854. The number of rotatable bonds is 5. The highest BCUT2D eigenvalue weighted by atomic mass is 16.3. The maximum absolute atomic E-state index is 10.0. The predicted molar refractivity (Wildman–Crippen MR) is 95.5 cm³/mol. The molecule has 2 N–H and O–H groups in total. The molecule has 2 aromatic rings. The summed E-state index contributed by atoms with van der Waals surface area (Å²) in [4.78, 5) is 0. The summed E-state index contributed by atoms with van der Waals surface area (Å²) in [6, 6.07) is 16.4. The number of benzene rings is 2. The van der Waals surface area contributed by atoms with Gasteiger partial charge >= 0.3 is 0 Å². The van der Waals surface area contributed by atoms with Crippen LogP contribution < -0.4 is 0 Å². The Kier molecular flexibility index (Phi) is 4.98. The Morgan fingerprint density at radius 3 is 1.52 bits per heavy atom. The van der Waals surface area contributed by atoms with Crippen LogP contribution in [0.2, 0.25) is 0 Å². The Bertz CT molecular complexity index is 626. The van der Waals surface area contributed by atoms with Crippen LogP contribution in [0.3, 0.4) is 0 Å². The second-order valence-electron chi connectivity index (χ2n) is 7.54. The Hall–Kier alpha value is -1.64. The van der Waals surface area contributed by atoms with E-state index in [0.717, 1.165) is 17.5 Å². The fourth-order valence-corrected chi connectivity index (χ4v) is 2.74. The maximum Gasteiger partial charge on any atom is 0.0840 e. The van der Waals surface area contributed by atoms with Crippen LogP contribution >= 0.6 is 0 Å². The van der Waals surface area contributed by atoms with Crippen LogP contribution in [-0.4, -0.2) is 10.2 Å². The van der Waals surface area contributed by atoms with Crippen LogP contribution in [0.4, 0.5) is 0 Å². The highest BCUT2D eigenvalue weighted by molar-refractivity contribution is 5.31. The first kappa shape index (κ1) is 17.7. The average Bonchev–Trinajstić information content (AvgIpc) is 2.46. The molecule has 0 spiro atoms. The first-order valence-electron chi connectivity index (χ1n) is 8.22. The molecule has 0 amide bonds. The molecule has 0 bridgehead atoms. The van der Waals surface area contributed by atoms with Gasteiger partial charge in [0.1, 0.15) is 0 Å². The topological polar surface area (TPSA) is 40.5 Å². The van der Waals surface area contributed by atoms with Crippen molar-refractivity contribution in [2.45, 2.75) is 58.2 Å². The molecular formula is C21H28O2. The molecule has 1 unspecified atom stereocenters. The van der Waals surface area contributed by atoms with E-state index in [-0.39, 0.29) is 0 Å². The summed E-state index contributed by atoms with van der Waals surface area (Å²) in [6.07, 6.45) is 0.952. The molecule has 2 rings (SSSR count). The molecule has 0 aliphatic heterocycles. The monoisotopic (exact) mass is 312 g/mol. The average molecular weight is 312 g/mol. The smallest absolute Gasteiger partial charge is 0.0840 e. The van der Waals surface area contributed by atoms with Gasteiger partial charge in [-0.2, -0.15) is 0 Å². The van der Waals surface area contributed by atoms with Gasteiger partial charge in [0.15, 0.2) is 0 Å². The Morgan fingerprint density at radius 2 is 1.13 bits per heavy atom. The van der Waals surface area contributed by atoms with Gasteiger partial charge in [-0.25, -0.2) is 0 Å². The molecule has 2 aromatic carbocycles. The summed E-state index contributed by atoms with van der Waals surface area (Å²) in [5.74, 6) is 0.402. The van der Waals surface area contributed by atoms with Crippen molar-refractivity contribution < 1.29 is 10.2 Å². The summed E-state index contributed by atoms with van der Waals surface area (Å²) >= 11 is 0. The van der Waals surface area contributed by atoms with Gasteiger partial charge in [-0.1, -0.05) is 55.5 Å². The van der Waals surface area contributed by atoms with E-state index in [4.69, 9.17) is 0 Å². The van der Waals surface area contributed by atoms with E-state index >= 15 is 0 Å². The Labute approximate surface area is 139 Å². The largest absolute Gasteiger partial charge is 0.386 e. The zero-order chi connectivity index (χ0) is 17.3. The van der Waals surface area contributed by atoms with Gasteiger partial charge in [0, 0.05) is 0 Å². The van der Waals surface area contributed by atoms with Crippen molar-refractivity contribution in [2.75, 3.05) is 0 Å². The second kappa shape index (κ2) is 6.46. The van der Waals surface area contributed by atoms with Crippen LogP contribution in [-0.2, 0) is 17.6 Å². The van der Waals surface area contributed by atoms with Crippen molar-refractivity contribution in [1.82, 2.24) is 0 Å². The lowest BCUT2D eigenvalue weighted by atomic mass is 9.89. The Morgan fingerprint density at radius 1 is 0.739 bits per heavy atom. The van der Waals surface area contributed by atoms with E-state index in [1.54, 1.807) is 27.7 Å². The summed E-state index contributed by atoms with van der Waals surface area (Å²) < 4.78 is 0. The standard InChI is InChI=1S/C21H28O2/c1-15(17-8-12-19(13-9-17)21(4,5)23)14-16-6-10-18(11-7-16)20(2,3)22/h6-13,15,22-23H,14H2,1-5H3. The minimum Gasteiger partial charge on any atom is -0.386 e. The van der Waals surface area contributed by atoms with Gasteiger partial charge in [-0.15, -0.1) is 0 Å². The van der Waals surface area contributed by atoms with Crippen molar-refractivity contribution in [3.63, 3.8) is 0 Å². The highest BCUT2D eigenvalue weighted by Crippen LogP contribution is 2.26. The molecule has 2 nitrogen and oxygen atoms in total. The zero-order valence-electron chi connectivity index (χ0n) is 14.8. The lowest BCUT2D eigenvalue weighted by molar-refractivity contribution is 0.0780. The predicted octanol–water partition coefficient (Wildman–Crippen LogP) is 4.49. The molecule has 1 atom stereocenters. The van der Waals surface area contributed by atoms with Gasteiger partial charge in [0.05, 0.1) is 11.2 Å². The number of hydrogen-bond acceptors (Lipinski definition) is 2. The van der Waals surface area contributed by atoms with Gasteiger partial charge in [-0.05, 0) is 62.3 Å². The fourth-order valence-electron chi connectivity index (χ4n) is 2.74. The van der Waals surface area contributed by atoms with Crippen LogP contribution in [0, 0.1) is 0 Å². The third-order valence-electron chi connectivity index (χ3n) is 4.39. The summed E-state index contributed by atoms with van der Waals surface area (Å²) in [5, 5.41) is 20.0. The van der Waals surface area contributed by atoms with Crippen LogP contribution in [0.25, 0.3) is 0 Å². The number of hydrogen-bond donors (Lipinski definition) is 2. The normalized spacial score (nSPS) is 13.9. The summed E-state index contributed by atoms with van der Waals surface area (Å²) in [5.41, 5.74) is 2.80. The van der Waals surface area contributed by atoms with Crippen LogP contribution in [0.5, 0.6) is 0 Å². The zero-order valence-corrected chi connectivity index (χ0v) is 14.8. The molecule has 0 aliphatic rings. The highest BCUT2D eigenvalue weighted by Gasteiger charge is 2.17. The molecule has 0 heterocycles. The van der Waals surface area contributed by atoms with E-state index < -0.39 is 11.2 Å². The van der Waals surface area contributed by atoms with E-state index in [1.807, 2.05) is 24.3 Å². The van der Waals surface area contributed by atoms with Crippen LogP contribution in [0.15, 0.2) is 48.5 Å². The third kappa shape index (κ3) is 4.66. The first-order chi connectivity index (χ1) is 10.6.